The molecule has 0 bridgehead atoms. The molecule has 1 aromatic rings. The van der Waals surface area contributed by atoms with Crippen LogP contribution in [0.25, 0.3) is 0 Å². The zero-order chi connectivity index (χ0) is 18.6. The quantitative estimate of drug-likeness (QED) is 0.827. The number of benzene rings is 1. The molecule has 2 rings (SSSR count). The van der Waals surface area contributed by atoms with Gasteiger partial charge in [-0.25, -0.2) is 4.79 Å². The summed E-state index contributed by atoms with van der Waals surface area (Å²) >= 11 is 0. The van der Waals surface area contributed by atoms with Gasteiger partial charge in [0.15, 0.2) is 5.75 Å². The molecule has 1 heterocycles. The third-order valence-corrected chi connectivity index (χ3v) is 3.69. The van der Waals surface area contributed by atoms with Gasteiger partial charge >= 0.3 is 12.3 Å². The lowest BCUT2D eigenvalue weighted by Crippen LogP contribution is -2.47. The third kappa shape index (κ3) is 5.91. The van der Waals surface area contributed by atoms with E-state index in [1.165, 1.54) is 0 Å². The highest BCUT2D eigenvalue weighted by molar-refractivity contribution is 5.96. The van der Waals surface area contributed by atoms with E-state index in [2.05, 4.69) is 15.0 Å². The molecule has 1 aliphatic heterocycles. The first kappa shape index (κ1) is 19.0. The van der Waals surface area contributed by atoms with Crippen molar-refractivity contribution in [3.8, 4) is 5.75 Å². The SMILES string of the molecule is CN1CCN(CC(=O)Nc2cc(C(=O)O)ccc2OC(F)(F)F)CC1. The second-order valence-electron chi connectivity index (χ2n) is 5.69. The minimum Gasteiger partial charge on any atom is -0.478 e. The van der Waals surface area contributed by atoms with Gasteiger partial charge < -0.3 is 20.1 Å². The first-order valence-corrected chi connectivity index (χ1v) is 7.48. The molecule has 138 valence electrons. The number of carboxylic acids is 1. The minimum absolute atomic E-state index is 0.00338. The molecule has 0 saturated carbocycles. The van der Waals surface area contributed by atoms with E-state index in [-0.39, 0.29) is 17.8 Å². The summed E-state index contributed by atoms with van der Waals surface area (Å²) in [6.45, 7) is 2.88. The van der Waals surface area contributed by atoms with Crippen LogP contribution in [0.5, 0.6) is 5.75 Å². The van der Waals surface area contributed by atoms with Gasteiger partial charge in [0.1, 0.15) is 0 Å². The number of ether oxygens (including phenoxy) is 1. The van der Waals surface area contributed by atoms with Gasteiger partial charge in [-0.05, 0) is 25.2 Å². The molecule has 0 aromatic heterocycles. The molecule has 1 saturated heterocycles. The highest BCUT2D eigenvalue weighted by Gasteiger charge is 2.32. The van der Waals surface area contributed by atoms with Crippen molar-refractivity contribution in [1.29, 1.82) is 0 Å². The molecule has 1 aliphatic rings. The first-order chi connectivity index (χ1) is 11.6. The van der Waals surface area contributed by atoms with E-state index >= 15 is 0 Å². The maximum absolute atomic E-state index is 12.5. The number of carbonyl (C=O) groups is 2. The summed E-state index contributed by atoms with van der Waals surface area (Å²) < 4.78 is 41.2. The predicted octanol–water partition coefficient (Wildman–Crippen LogP) is 1.47. The summed E-state index contributed by atoms with van der Waals surface area (Å²) in [4.78, 5) is 27.1. The Morgan fingerprint density at radius 3 is 2.44 bits per heavy atom. The summed E-state index contributed by atoms with van der Waals surface area (Å²) in [6, 6.07) is 2.77. The van der Waals surface area contributed by atoms with Crippen molar-refractivity contribution >= 4 is 17.6 Å². The number of anilines is 1. The largest absolute Gasteiger partial charge is 0.573 e. The molecule has 0 atom stereocenters. The van der Waals surface area contributed by atoms with E-state index in [0.29, 0.717) is 13.1 Å². The Balaban J connectivity index is 2.10. The molecule has 10 heteroatoms. The lowest BCUT2D eigenvalue weighted by atomic mass is 10.2. The molecule has 0 aliphatic carbocycles. The number of hydrogen-bond donors (Lipinski definition) is 2. The normalized spacial score (nSPS) is 16.5. The topological polar surface area (TPSA) is 82.1 Å². The number of nitrogens with one attached hydrogen (secondary N) is 1. The number of carbonyl (C=O) groups excluding carboxylic acids is 1. The second kappa shape index (κ2) is 7.70. The monoisotopic (exact) mass is 361 g/mol. The second-order valence-corrected chi connectivity index (χ2v) is 5.69. The van der Waals surface area contributed by atoms with Crippen molar-refractivity contribution in [2.75, 3.05) is 45.1 Å². The van der Waals surface area contributed by atoms with E-state index in [9.17, 15) is 22.8 Å². The Bertz CT molecular complexity index is 643. The lowest BCUT2D eigenvalue weighted by Gasteiger charge is -2.31. The molecule has 1 fully saturated rings. The number of rotatable bonds is 5. The van der Waals surface area contributed by atoms with Crippen LogP contribution in [0.15, 0.2) is 18.2 Å². The molecule has 1 amide bonds. The Hall–Kier alpha value is -2.33. The molecule has 7 nitrogen and oxygen atoms in total. The molecule has 0 unspecified atom stereocenters. The zero-order valence-corrected chi connectivity index (χ0v) is 13.5. The van der Waals surface area contributed by atoms with Crippen LogP contribution in [0.3, 0.4) is 0 Å². The standard InChI is InChI=1S/C15H18F3N3O4/c1-20-4-6-21(7-5-20)9-13(22)19-11-8-10(14(23)24)2-3-12(11)25-15(16,17)18/h2-3,8H,4-7,9H2,1H3,(H,19,22)(H,23,24). The van der Waals surface area contributed by atoms with Crippen LogP contribution in [0.2, 0.25) is 0 Å². The Kier molecular flexibility index (Phi) is 5.85. The number of likely N-dealkylation sites (N-methyl/N-ethyl adjacent to an activating group) is 1. The first-order valence-electron chi connectivity index (χ1n) is 7.48. The number of aromatic carboxylic acids is 1. The van der Waals surface area contributed by atoms with Gasteiger partial charge in [0.25, 0.3) is 0 Å². The fourth-order valence-corrected chi connectivity index (χ4v) is 2.37. The molecule has 1 aromatic carbocycles. The van der Waals surface area contributed by atoms with Crippen LogP contribution in [0.4, 0.5) is 18.9 Å². The minimum atomic E-state index is -4.96. The number of piperazine rings is 1. The summed E-state index contributed by atoms with van der Waals surface area (Å²) in [5.74, 6) is -2.53. The Morgan fingerprint density at radius 1 is 1.24 bits per heavy atom. The Labute approximate surface area is 142 Å². The van der Waals surface area contributed by atoms with Gasteiger partial charge in [-0.15, -0.1) is 13.2 Å². The van der Waals surface area contributed by atoms with E-state index in [1.807, 2.05) is 11.9 Å². The summed E-state index contributed by atoms with van der Waals surface area (Å²) in [5.41, 5.74) is -0.597. The van der Waals surface area contributed by atoms with Crippen molar-refractivity contribution < 1.29 is 32.6 Å². The average Bonchev–Trinajstić information content (AvgIpc) is 2.49. The van der Waals surface area contributed by atoms with Crippen LogP contribution in [0, 0.1) is 0 Å². The van der Waals surface area contributed by atoms with Crippen LogP contribution < -0.4 is 10.1 Å². The predicted molar refractivity (Wildman–Crippen MR) is 82.7 cm³/mol. The van der Waals surface area contributed by atoms with E-state index in [0.717, 1.165) is 31.3 Å². The molecule has 0 spiro atoms. The maximum Gasteiger partial charge on any atom is 0.573 e. The fraction of sp³-hybridized carbons (Fsp3) is 0.467. The van der Waals surface area contributed by atoms with Crippen LogP contribution >= 0.6 is 0 Å². The number of alkyl halides is 3. The molecule has 25 heavy (non-hydrogen) atoms. The summed E-state index contributed by atoms with van der Waals surface area (Å²) in [5, 5.41) is 11.3. The van der Waals surface area contributed by atoms with E-state index < -0.39 is 24.0 Å². The van der Waals surface area contributed by atoms with Crippen molar-refractivity contribution in [2.45, 2.75) is 6.36 Å². The molecular weight excluding hydrogens is 343 g/mol. The highest BCUT2D eigenvalue weighted by Crippen LogP contribution is 2.31. The maximum atomic E-state index is 12.5. The fourth-order valence-electron chi connectivity index (χ4n) is 2.37. The van der Waals surface area contributed by atoms with Crippen LogP contribution in [-0.2, 0) is 4.79 Å². The molecule has 0 radical (unpaired) electrons. The van der Waals surface area contributed by atoms with Crippen molar-refractivity contribution in [3.63, 3.8) is 0 Å². The number of amides is 1. The number of halogens is 3. The number of nitrogens with zero attached hydrogens (tertiary/aromatic N) is 2. The number of hydrogen-bond acceptors (Lipinski definition) is 5. The Morgan fingerprint density at radius 2 is 1.88 bits per heavy atom. The smallest absolute Gasteiger partial charge is 0.478 e. The van der Waals surface area contributed by atoms with E-state index in [4.69, 9.17) is 5.11 Å². The molecular formula is C15H18F3N3O4. The summed E-state index contributed by atoms with van der Waals surface area (Å²) in [6.07, 6.45) is -4.96. The lowest BCUT2D eigenvalue weighted by molar-refractivity contribution is -0.274. The van der Waals surface area contributed by atoms with Gasteiger partial charge in [-0.2, -0.15) is 0 Å². The van der Waals surface area contributed by atoms with Crippen molar-refractivity contribution in [2.24, 2.45) is 0 Å². The van der Waals surface area contributed by atoms with Gasteiger partial charge in [-0.1, -0.05) is 0 Å². The highest BCUT2D eigenvalue weighted by atomic mass is 19.4. The van der Waals surface area contributed by atoms with Crippen LogP contribution in [0.1, 0.15) is 10.4 Å². The van der Waals surface area contributed by atoms with Gasteiger partial charge in [-0.3, -0.25) is 9.69 Å². The van der Waals surface area contributed by atoms with Crippen LogP contribution in [-0.4, -0.2) is 72.9 Å². The van der Waals surface area contributed by atoms with Crippen molar-refractivity contribution in [3.05, 3.63) is 23.8 Å². The number of carboxylic acid groups (broad SMARTS) is 1. The van der Waals surface area contributed by atoms with Gasteiger partial charge in [0.05, 0.1) is 17.8 Å². The van der Waals surface area contributed by atoms with E-state index in [1.54, 1.807) is 0 Å². The van der Waals surface area contributed by atoms with Gasteiger partial charge in [0.2, 0.25) is 5.91 Å². The molecule has 2 N–H and O–H groups in total. The zero-order valence-electron chi connectivity index (χ0n) is 13.5. The van der Waals surface area contributed by atoms with Crippen molar-refractivity contribution in [1.82, 2.24) is 9.80 Å². The van der Waals surface area contributed by atoms with Gasteiger partial charge in [0, 0.05) is 26.2 Å². The average molecular weight is 361 g/mol. The summed E-state index contributed by atoms with van der Waals surface area (Å²) in [7, 11) is 1.95. The third-order valence-electron chi connectivity index (χ3n) is 3.69.